The molecule has 0 amide bonds. The molecule has 1 fully saturated rings. The fourth-order valence-corrected chi connectivity index (χ4v) is 4.53. The van der Waals surface area contributed by atoms with E-state index in [4.69, 9.17) is 9.72 Å². The molecule has 0 radical (unpaired) electrons. The number of pyridine rings is 1. The number of nitrogens with zero attached hydrogens (tertiary/aromatic N) is 9. The molecule has 10 nitrogen and oxygen atoms in total. The van der Waals surface area contributed by atoms with Crippen molar-refractivity contribution in [2.24, 2.45) is 0 Å². The molecular formula is C20H18F3N9OS. The Bertz CT molecular complexity index is 1210. The molecule has 0 bridgehead atoms. The molecule has 5 heterocycles. The number of halogens is 3. The first-order valence-corrected chi connectivity index (χ1v) is 11.2. The number of piperidine rings is 1. The molecule has 1 aliphatic heterocycles. The zero-order valence-corrected chi connectivity index (χ0v) is 18.4. The molecule has 1 saturated heterocycles. The second-order valence-corrected chi connectivity index (χ2v) is 8.49. The van der Waals surface area contributed by atoms with Gasteiger partial charge in [0.05, 0.1) is 22.5 Å². The molecular weight excluding hydrogens is 471 g/mol. The van der Waals surface area contributed by atoms with Gasteiger partial charge in [0.2, 0.25) is 5.95 Å². The lowest BCUT2D eigenvalue weighted by atomic mass is 9.98. The van der Waals surface area contributed by atoms with Crippen LogP contribution in [-0.4, -0.2) is 53.2 Å². The summed E-state index contributed by atoms with van der Waals surface area (Å²) >= 11 is 1.59. The van der Waals surface area contributed by atoms with Crippen molar-refractivity contribution in [3.63, 3.8) is 0 Å². The van der Waals surface area contributed by atoms with Crippen LogP contribution in [0.4, 0.5) is 19.1 Å². The average molecular weight is 489 g/mol. The summed E-state index contributed by atoms with van der Waals surface area (Å²) in [6.45, 7) is 1.63. The summed E-state index contributed by atoms with van der Waals surface area (Å²) < 4.78 is 45.4. The molecule has 176 valence electrons. The fourth-order valence-electron chi connectivity index (χ4n) is 3.55. The third-order valence-electron chi connectivity index (χ3n) is 5.35. The van der Waals surface area contributed by atoms with Gasteiger partial charge in [0.1, 0.15) is 18.7 Å². The van der Waals surface area contributed by atoms with E-state index in [1.807, 2.05) is 10.3 Å². The van der Waals surface area contributed by atoms with Crippen molar-refractivity contribution in [2.45, 2.75) is 31.5 Å². The van der Waals surface area contributed by atoms with Crippen molar-refractivity contribution >= 4 is 17.3 Å². The Morgan fingerprint density at radius 2 is 1.85 bits per heavy atom. The Balaban J connectivity index is 1.13. The van der Waals surface area contributed by atoms with Crippen LogP contribution in [0.15, 0.2) is 42.4 Å². The summed E-state index contributed by atoms with van der Waals surface area (Å²) in [5.41, 5.74) is -0.0130. The lowest BCUT2D eigenvalue weighted by molar-refractivity contribution is -0.138. The van der Waals surface area contributed by atoms with E-state index < -0.39 is 11.7 Å². The summed E-state index contributed by atoms with van der Waals surface area (Å²) in [4.78, 5) is 18.7. The van der Waals surface area contributed by atoms with Gasteiger partial charge in [0.15, 0.2) is 5.82 Å². The number of tetrazole rings is 1. The average Bonchev–Trinajstić information content (AvgIpc) is 3.56. The smallest absolute Gasteiger partial charge is 0.419 e. The van der Waals surface area contributed by atoms with Crippen molar-refractivity contribution in [1.29, 1.82) is 0 Å². The summed E-state index contributed by atoms with van der Waals surface area (Å²) in [6, 6.07) is 3.54. The molecule has 34 heavy (non-hydrogen) atoms. The van der Waals surface area contributed by atoms with Crippen molar-refractivity contribution in [3.05, 3.63) is 58.7 Å². The molecule has 0 saturated carbocycles. The Kier molecular flexibility index (Phi) is 6.04. The fraction of sp³-hybridized carbons (Fsp3) is 0.350. The van der Waals surface area contributed by atoms with Gasteiger partial charge in [-0.25, -0.2) is 19.9 Å². The third kappa shape index (κ3) is 4.95. The summed E-state index contributed by atoms with van der Waals surface area (Å²) in [5.74, 6) is 1.79. The zero-order chi connectivity index (χ0) is 23.5. The third-order valence-corrected chi connectivity index (χ3v) is 6.41. The van der Waals surface area contributed by atoms with Crippen LogP contribution in [0.2, 0.25) is 0 Å². The molecule has 4 aromatic heterocycles. The Morgan fingerprint density at radius 3 is 2.50 bits per heavy atom. The van der Waals surface area contributed by atoms with Crippen molar-refractivity contribution in [1.82, 2.24) is 40.1 Å². The summed E-state index contributed by atoms with van der Waals surface area (Å²) in [6.07, 6.45) is 1.92. The monoisotopic (exact) mass is 489 g/mol. The first-order valence-electron chi connectivity index (χ1n) is 10.4. The van der Waals surface area contributed by atoms with E-state index in [0.29, 0.717) is 37.2 Å². The molecule has 4 aromatic rings. The van der Waals surface area contributed by atoms with Crippen molar-refractivity contribution < 1.29 is 17.9 Å². The number of anilines is 1. The van der Waals surface area contributed by atoms with Gasteiger partial charge < -0.3 is 9.64 Å². The minimum Gasteiger partial charge on any atom is -0.486 e. The molecule has 5 rings (SSSR count). The topological polar surface area (TPSA) is 108 Å². The van der Waals surface area contributed by atoms with Crippen LogP contribution in [0.5, 0.6) is 5.75 Å². The molecule has 14 heteroatoms. The van der Waals surface area contributed by atoms with Gasteiger partial charge >= 0.3 is 6.18 Å². The Labute approximate surface area is 195 Å². The predicted octanol–water partition coefficient (Wildman–Crippen LogP) is 3.29. The Hall–Kier alpha value is -3.68. The standard InChI is InChI=1S/C20H18F3N9OS/c21-20(22,23)14-7-25-19(26-8-14)31-5-3-13(4-6-31)18-28-15(11-34-18)10-33-16-1-2-17(24-9-16)32-12-27-29-30-32/h1-2,7-9,11-13H,3-6,10H2. The van der Waals surface area contributed by atoms with Crippen LogP contribution < -0.4 is 9.64 Å². The normalized spacial score (nSPS) is 15.0. The van der Waals surface area contributed by atoms with Crippen LogP contribution in [0.25, 0.3) is 5.82 Å². The second-order valence-electron chi connectivity index (χ2n) is 7.60. The second kappa shape index (κ2) is 9.29. The lowest BCUT2D eigenvalue weighted by Crippen LogP contribution is -2.34. The van der Waals surface area contributed by atoms with E-state index >= 15 is 0 Å². The lowest BCUT2D eigenvalue weighted by Gasteiger charge is -2.31. The summed E-state index contributed by atoms with van der Waals surface area (Å²) in [5, 5.41) is 13.9. The van der Waals surface area contributed by atoms with Gasteiger partial charge in [0.25, 0.3) is 0 Å². The first kappa shape index (κ1) is 22.1. The van der Waals surface area contributed by atoms with Crippen LogP contribution in [0, 0.1) is 0 Å². The van der Waals surface area contributed by atoms with Crippen LogP contribution in [-0.2, 0) is 12.8 Å². The van der Waals surface area contributed by atoms with E-state index in [1.165, 1.54) is 11.0 Å². The van der Waals surface area contributed by atoms with E-state index in [9.17, 15) is 13.2 Å². The van der Waals surface area contributed by atoms with Gasteiger partial charge in [-0.15, -0.1) is 16.4 Å². The highest BCUT2D eigenvalue weighted by molar-refractivity contribution is 7.09. The van der Waals surface area contributed by atoms with Gasteiger partial charge in [0, 0.05) is 36.8 Å². The van der Waals surface area contributed by atoms with Crippen molar-refractivity contribution in [2.75, 3.05) is 18.0 Å². The molecule has 1 aliphatic rings. The molecule has 0 unspecified atom stereocenters. The minimum absolute atomic E-state index is 0.279. The maximum Gasteiger partial charge on any atom is 0.419 e. The minimum atomic E-state index is -4.44. The van der Waals surface area contributed by atoms with Crippen LogP contribution in [0.3, 0.4) is 0 Å². The van der Waals surface area contributed by atoms with Gasteiger partial charge in [-0.3, -0.25) is 0 Å². The predicted molar refractivity (Wildman–Crippen MR) is 115 cm³/mol. The zero-order valence-electron chi connectivity index (χ0n) is 17.6. The molecule has 0 atom stereocenters. The Morgan fingerprint density at radius 1 is 1.06 bits per heavy atom. The van der Waals surface area contributed by atoms with E-state index in [-0.39, 0.29) is 5.92 Å². The number of thiazole rings is 1. The number of alkyl halides is 3. The van der Waals surface area contributed by atoms with Crippen LogP contribution in [0.1, 0.15) is 35.0 Å². The number of hydrogen-bond acceptors (Lipinski definition) is 10. The molecule has 0 aliphatic carbocycles. The van der Waals surface area contributed by atoms with Gasteiger partial charge in [-0.05, 0) is 35.4 Å². The number of hydrogen-bond donors (Lipinski definition) is 0. The number of ether oxygens (including phenoxy) is 1. The quantitative estimate of drug-likeness (QED) is 0.403. The van der Waals surface area contributed by atoms with Crippen molar-refractivity contribution in [3.8, 4) is 11.6 Å². The van der Waals surface area contributed by atoms with Crippen LogP contribution >= 0.6 is 11.3 Å². The highest BCUT2D eigenvalue weighted by atomic mass is 32.1. The van der Waals surface area contributed by atoms with Gasteiger partial charge in [-0.1, -0.05) is 0 Å². The van der Waals surface area contributed by atoms with E-state index in [0.717, 1.165) is 35.9 Å². The number of aromatic nitrogens is 8. The molecule has 0 aromatic carbocycles. The highest BCUT2D eigenvalue weighted by Crippen LogP contribution is 2.32. The van der Waals surface area contributed by atoms with E-state index in [1.54, 1.807) is 29.7 Å². The highest BCUT2D eigenvalue weighted by Gasteiger charge is 2.32. The molecule has 0 N–H and O–H groups in total. The summed E-state index contributed by atoms with van der Waals surface area (Å²) in [7, 11) is 0. The van der Waals surface area contributed by atoms with Gasteiger partial charge in [-0.2, -0.15) is 17.9 Å². The largest absolute Gasteiger partial charge is 0.486 e. The molecule has 0 spiro atoms. The number of rotatable bonds is 6. The maximum absolute atomic E-state index is 12.7. The van der Waals surface area contributed by atoms with E-state index in [2.05, 4.69) is 30.5 Å². The SMILES string of the molecule is FC(F)(F)c1cnc(N2CCC(c3nc(COc4ccc(-n5cnnn5)nc4)cs3)CC2)nc1. The first-order chi connectivity index (χ1) is 16.5. The maximum atomic E-state index is 12.7.